The quantitative estimate of drug-likeness (QED) is 0.430. The molecule has 2 aromatic rings. The molecule has 2 unspecified atom stereocenters. The molecule has 0 bridgehead atoms. The van der Waals surface area contributed by atoms with E-state index in [1.54, 1.807) is 12.4 Å². The van der Waals surface area contributed by atoms with Crippen LogP contribution in [0, 0.1) is 13.8 Å². The summed E-state index contributed by atoms with van der Waals surface area (Å²) in [5, 5.41) is 20.3. The Kier molecular flexibility index (Phi) is 10.2. The van der Waals surface area contributed by atoms with Crippen molar-refractivity contribution in [2.75, 3.05) is 0 Å². The summed E-state index contributed by atoms with van der Waals surface area (Å²) in [5.41, 5.74) is 3.19. The van der Waals surface area contributed by atoms with Crippen LogP contribution in [0.4, 0.5) is 0 Å². The van der Waals surface area contributed by atoms with Crippen LogP contribution < -0.4 is 0 Å². The van der Waals surface area contributed by atoms with E-state index in [4.69, 9.17) is 28.6 Å². The van der Waals surface area contributed by atoms with Gasteiger partial charge >= 0.3 is 35.6 Å². The second-order valence-corrected chi connectivity index (χ2v) is 9.65. The molecule has 2 aromatic carbocycles. The van der Waals surface area contributed by atoms with Gasteiger partial charge in [0.15, 0.2) is 0 Å². The molecule has 3 rings (SSSR count). The number of rotatable bonds is 4. The van der Waals surface area contributed by atoms with Gasteiger partial charge in [-0.2, -0.15) is 0 Å². The van der Waals surface area contributed by atoms with Gasteiger partial charge in [0.1, 0.15) is 11.5 Å². The van der Waals surface area contributed by atoms with Crippen LogP contribution >= 0.6 is 18.6 Å². The first-order valence-electron chi connectivity index (χ1n) is 9.57. The standard InChI is InChI=1S/C22H26N2O2.2ClH.Ti/c1-15-7-5-9-17(21(15)25)13-23-19-11-3-4-12-20(19)24-14-18-10-6-8-16(2)22(18)26;;;/h5-10,13-14,19-20,25-26H,3-4,11-12H2,1-2H3;2*1H;/q;;;+2/p-2. The van der Waals surface area contributed by atoms with Crippen LogP contribution in [-0.2, 0) is 17.0 Å². The van der Waals surface area contributed by atoms with Crippen LogP contribution in [0.15, 0.2) is 46.4 Å². The number of halogens is 2. The summed E-state index contributed by atoms with van der Waals surface area (Å²) in [6, 6.07) is 11.6. The Morgan fingerprint density at radius 2 is 1.21 bits per heavy atom. The zero-order valence-electron chi connectivity index (χ0n) is 16.6. The van der Waals surface area contributed by atoms with Crippen molar-refractivity contribution in [3.05, 3.63) is 58.7 Å². The van der Waals surface area contributed by atoms with Crippen LogP contribution in [0.2, 0.25) is 0 Å². The monoisotopic (exact) mass is 468 g/mol. The van der Waals surface area contributed by atoms with E-state index >= 15 is 0 Å². The van der Waals surface area contributed by atoms with Gasteiger partial charge in [-0.3, -0.25) is 9.98 Å². The molecule has 0 saturated heterocycles. The molecular weight excluding hydrogens is 443 g/mol. The molecule has 2 atom stereocenters. The van der Waals surface area contributed by atoms with Crippen molar-refractivity contribution >= 4 is 31.0 Å². The fourth-order valence-corrected chi connectivity index (χ4v) is 3.36. The molecule has 0 aliphatic heterocycles. The van der Waals surface area contributed by atoms with Crippen molar-refractivity contribution < 1.29 is 27.2 Å². The number of hydrogen-bond acceptors (Lipinski definition) is 4. The van der Waals surface area contributed by atoms with E-state index < -0.39 is 17.0 Å². The van der Waals surface area contributed by atoms with Crippen molar-refractivity contribution in [3.63, 3.8) is 0 Å². The average Bonchev–Trinajstić information content (AvgIpc) is 2.71. The van der Waals surface area contributed by atoms with Gasteiger partial charge in [-0.15, -0.1) is 0 Å². The minimum atomic E-state index is -0.556. The molecule has 0 heterocycles. The molecule has 1 aliphatic carbocycles. The number of aliphatic imine (C=N–C) groups is 2. The summed E-state index contributed by atoms with van der Waals surface area (Å²) < 4.78 is 0. The summed E-state index contributed by atoms with van der Waals surface area (Å²) in [5.74, 6) is 0.577. The van der Waals surface area contributed by atoms with E-state index in [1.807, 2.05) is 50.2 Å². The van der Waals surface area contributed by atoms with E-state index in [-0.39, 0.29) is 23.6 Å². The molecule has 4 nitrogen and oxygen atoms in total. The SMILES string of the molecule is Cc1cccc(C=NC2CCCCC2N=Cc2cccc(C)c2O)c1O.[Cl][Ti][Cl]. The second kappa shape index (κ2) is 12.4. The molecule has 154 valence electrons. The molecule has 0 aromatic heterocycles. The Balaban J connectivity index is 0.000000941. The number of nitrogens with zero attached hydrogens (tertiary/aromatic N) is 2. The van der Waals surface area contributed by atoms with Crippen LogP contribution in [-0.4, -0.2) is 34.7 Å². The molecule has 7 heteroatoms. The first kappa shape index (κ1) is 23.9. The van der Waals surface area contributed by atoms with Gasteiger partial charge in [0.25, 0.3) is 0 Å². The zero-order valence-corrected chi connectivity index (χ0v) is 19.7. The normalized spacial score (nSPS) is 19.2. The third-order valence-electron chi connectivity index (χ3n) is 5.04. The van der Waals surface area contributed by atoms with E-state index in [9.17, 15) is 10.2 Å². The van der Waals surface area contributed by atoms with Crippen LogP contribution in [0.25, 0.3) is 0 Å². The van der Waals surface area contributed by atoms with Crippen molar-refractivity contribution in [2.24, 2.45) is 9.98 Å². The first-order valence-corrected chi connectivity index (χ1v) is 13.9. The Bertz CT molecular complexity index is 789. The van der Waals surface area contributed by atoms with Crippen LogP contribution in [0.3, 0.4) is 0 Å². The summed E-state index contributed by atoms with van der Waals surface area (Å²) in [6.07, 6.45) is 7.80. The van der Waals surface area contributed by atoms with Gasteiger partial charge in [-0.25, -0.2) is 0 Å². The predicted octanol–water partition coefficient (Wildman–Crippen LogP) is 5.94. The fraction of sp³-hybridized carbons (Fsp3) is 0.364. The number of para-hydroxylation sites is 2. The molecule has 1 aliphatic rings. The Labute approximate surface area is 189 Å². The van der Waals surface area contributed by atoms with Crippen molar-refractivity contribution in [1.82, 2.24) is 0 Å². The number of phenolic OH excluding ortho intramolecular Hbond substituents is 2. The van der Waals surface area contributed by atoms with Crippen LogP contribution in [0.1, 0.15) is 47.9 Å². The van der Waals surface area contributed by atoms with Gasteiger partial charge in [-0.05, 0) is 49.9 Å². The van der Waals surface area contributed by atoms with Gasteiger partial charge in [-0.1, -0.05) is 37.1 Å². The molecule has 1 fully saturated rings. The maximum absolute atomic E-state index is 10.2. The fourth-order valence-electron chi connectivity index (χ4n) is 3.36. The predicted molar refractivity (Wildman–Crippen MR) is 119 cm³/mol. The summed E-state index contributed by atoms with van der Waals surface area (Å²) in [7, 11) is 9.78. The molecule has 0 radical (unpaired) electrons. The number of phenols is 2. The number of benzene rings is 2. The van der Waals surface area contributed by atoms with E-state index in [2.05, 4.69) is 0 Å². The molecule has 0 spiro atoms. The Morgan fingerprint density at radius 3 is 1.59 bits per heavy atom. The van der Waals surface area contributed by atoms with Crippen LogP contribution in [0.5, 0.6) is 11.5 Å². The topological polar surface area (TPSA) is 65.2 Å². The van der Waals surface area contributed by atoms with Gasteiger partial charge in [0.2, 0.25) is 0 Å². The third-order valence-corrected chi connectivity index (χ3v) is 5.04. The minimum absolute atomic E-state index is 0.104. The third kappa shape index (κ3) is 7.15. The number of aromatic hydroxyl groups is 2. The van der Waals surface area contributed by atoms with Gasteiger partial charge < -0.3 is 10.2 Å². The summed E-state index contributed by atoms with van der Waals surface area (Å²) in [4.78, 5) is 9.46. The van der Waals surface area contributed by atoms with Gasteiger partial charge in [0.05, 0.1) is 12.1 Å². The van der Waals surface area contributed by atoms with E-state index in [1.165, 1.54) is 0 Å². The summed E-state index contributed by atoms with van der Waals surface area (Å²) in [6.45, 7) is 3.77. The molecular formula is C22H26Cl2N2O2Ti. The van der Waals surface area contributed by atoms with E-state index in [0.717, 1.165) is 47.9 Å². The Morgan fingerprint density at radius 1 is 0.828 bits per heavy atom. The zero-order chi connectivity index (χ0) is 21.2. The molecule has 1 saturated carbocycles. The first-order chi connectivity index (χ1) is 14.0. The van der Waals surface area contributed by atoms with E-state index in [0.29, 0.717) is 0 Å². The molecule has 0 amide bonds. The van der Waals surface area contributed by atoms with Gasteiger partial charge in [0, 0.05) is 23.6 Å². The van der Waals surface area contributed by atoms with Crippen molar-refractivity contribution in [3.8, 4) is 11.5 Å². The van der Waals surface area contributed by atoms with Crippen molar-refractivity contribution in [1.29, 1.82) is 0 Å². The second-order valence-electron chi connectivity index (χ2n) is 7.07. The molecule has 29 heavy (non-hydrogen) atoms. The maximum atomic E-state index is 10.2. The molecule has 2 N–H and O–H groups in total. The average molecular weight is 469 g/mol. The number of aryl methyl sites for hydroxylation is 2. The number of hydrogen-bond donors (Lipinski definition) is 2. The summed E-state index contributed by atoms with van der Waals surface area (Å²) >= 11 is -0.556. The van der Waals surface area contributed by atoms with Crippen molar-refractivity contribution in [2.45, 2.75) is 51.6 Å². The Hall–Kier alpha value is -1.33.